The number of nitrogens with one attached hydrogen (secondary N) is 1. The fourth-order valence-corrected chi connectivity index (χ4v) is 3.55. The number of anilines is 1. The number of hydrogen-bond acceptors (Lipinski definition) is 4. The number of rotatable bonds is 7. The van der Waals surface area contributed by atoms with E-state index in [1.165, 1.54) is 12.1 Å². The highest BCUT2D eigenvalue weighted by Gasteiger charge is 2.22. The molecule has 7 heteroatoms. The SMILES string of the molecule is CC(CCO)CNS(=O)(=O)c1ccc(N2CCCC2=O)cc1. The molecule has 122 valence electrons. The third kappa shape index (κ3) is 4.06. The molecule has 1 aliphatic rings. The molecule has 1 aliphatic heterocycles. The van der Waals surface area contributed by atoms with Crippen LogP contribution in [0.1, 0.15) is 26.2 Å². The zero-order chi connectivity index (χ0) is 16.2. The van der Waals surface area contributed by atoms with Crippen LogP contribution in [-0.2, 0) is 14.8 Å². The fourth-order valence-electron chi connectivity index (χ4n) is 2.38. The van der Waals surface area contributed by atoms with E-state index in [1.54, 1.807) is 17.0 Å². The van der Waals surface area contributed by atoms with Gasteiger partial charge in [0, 0.05) is 31.8 Å². The molecule has 0 radical (unpaired) electrons. The maximum absolute atomic E-state index is 12.2. The second-order valence-electron chi connectivity index (χ2n) is 5.61. The minimum absolute atomic E-state index is 0.0431. The van der Waals surface area contributed by atoms with Gasteiger partial charge in [0.05, 0.1) is 4.90 Å². The van der Waals surface area contributed by atoms with Crippen LogP contribution in [0, 0.1) is 5.92 Å². The van der Waals surface area contributed by atoms with E-state index in [4.69, 9.17) is 5.11 Å². The van der Waals surface area contributed by atoms with Gasteiger partial charge in [0.2, 0.25) is 15.9 Å². The van der Waals surface area contributed by atoms with Crippen LogP contribution < -0.4 is 9.62 Å². The highest BCUT2D eigenvalue weighted by Crippen LogP contribution is 2.22. The normalized spacial score (nSPS) is 17.0. The van der Waals surface area contributed by atoms with Gasteiger partial charge in [0.25, 0.3) is 0 Å². The van der Waals surface area contributed by atoms with E-state index in [0.29, 0.717) is 19.4 Å². The van der Waals surface area contributed by atoms with Gasteiger partial charge in [-0.25, -0.2) is 13.1 Å². The highest BCUT2D eigenvalue weighted by atomic mass is 32.2. The number of amides is 1. The molecular weight excluding hydrogens is 304 g/mol. The van der Waals surface area contributed by atoms with Gasteiger partial charge in [0.15, 0.2) is 0 Å². The maximum atomic E-state index is 12.2. The molecule has 0 bridgehead atoms. The summed E-state index contributed by atoms with van der Waals surface area (Å²) in [4.78, 5) is 13.5. The predicted molar refractivity (Wildman–Crippen MR) is 84.1 cm³/mol. The third-order valence-electron chi connectivity index (χ3n) is 3.78. The van der Waals surface area contributed by atoms with E-state index in [2.05, 4.69) is 4.72 Å². The van der Waals surface area contributed by atoms with Crippen molar-refractivity contribution in [3.8, 4) is 0 Å². The molecule has 2 N–H and O–H groups in total. The zero-order valence-corrected chi connectivity index (χ0v) is 13.5. The lowest BCUT2D eigenvalue weighted by atomic mass is 10.1. The average Bonchev–Trinajstić information content (AvgIpc) is 2.92. The van der Waals surface area contributed by atoms with E-state index >= 15 is 0 Å². The number of carbonyl (C=O) groups excluding carboxylic acids is 1. The fraction of sp³-hybridized carbons (Fsp3) is 0.533. The van der Waals surface area contributed by atoms with Crippen LogP contribution in [0.15, 0.2) is 29.2 Å². The Balaban J connectivity index is 2.04. The Kier molecular flexibility index (Phi) is 5.55. The minimum Gasteiger partial charge on any atom is -0.396 e. The van der Waals surface area contributed by atoms with Crippen LogP contribution in [-0.4, -0.2) is 39.1 Å². The van der Waals surface area contributed by atoms with Crippen molar-refractivity contribution >= 4 is 21.6 Å². The molecule has 22 heavy (non-hydrogen) atoms. The van der Waals surface area contributed by atoms with Crippen molar-refractivity contribution in [2.45, 2.75) is 31.1 Å². The van der Waals surface area contributed by atoms with Gasteiger partial charge in [0.1, 0.15) is 0 Å². The Morgan fingerprint density at radius 3 is 2.55 bits per heavy atom. The van der Waals surface area contributed by atoms with Crippen molar-refractivity contribution in [2.75, 3.05) is 24.6 Å². The number of benzene rings is 1. The quantitative estimate of drug-likeness (QED) is 0.786. The third-order valence-corrected chi connectivity index (χ3v) is 5.22. The van der Waals surface area contributed by atoms with Gasteiger partial charge in [-0.2, -0.15) is 0 Å². The van der Waals surface area contributed by atoms with Crippen LogP contribution in [0.3, 0.4) is 0 Å². The van der Waals surface area contributed by atoms with Gasteiger partial charge in [-0.05, 0) is 43.0 Å². The average molecular weight is 326 g/mol. The van der Waals surface area contributed by atoms with Crippen LogP contribution in [0.25, 0.3) is 0 Å². The molecule has 1 aromatic carbocycles. The molecular formula is C15H22N2O4S. The zero-order valence-electron chi connectivity index (χ0n) is 12.7. The number of hydrogen-bond donors (Lipinski definition) is 2. The maximum Gasteiger partial charge on any atom is 0.240 e. The lowest BCUT2D eigenvalue weighted by molar-refractivity contribution is -0.117. The van der Waals surface area contributed by atoms with Crippen LogP contribution in [0.4, 0.5) is 5.69 Å². The molecule has 1 amide bonds. The monoisotopic (exact) mass is 326 g/mol. The summed E-state index contributed by atoms with van der Waals surface area (Å²) in [5.41, 5.74) is 0.732. The Bertz CT molecular complexity index is 613. The second-order valence-corrected chi connectivity index (χ2v) is 7.38. The summed E-state index contributed by atoms with van der Waals surface area (Å²) in [7, 11) is -3.56. The largest absolute Gasteiger partial charge is 0.396 e. The van der Waals surface area contributed by atoms with Crippen LogP contribution in [0.5, 0.6) is 0 Å². The summed E-state index contributed by atoms with van der Waals surface area (Å²) in [6.45, 7) is 2.89. The van der Waals surface area contributed by atoms with Crippen molar-refractivity contribution in [1.82, 2.24) is 4.72 Å². The molecule has 1 atom stereocenters. The molecule has 1 unspecified atom stereocenters. The number of aliphatic hydroxyl groups is 1. The second kappa shape index (κ2) is 7.21. The smallest absolute Gasteiger partial charge is 0.240 e. The Morgan fingerprint density at radius 2 is 2.00 bits per heavy atom. The highest BCUT2D eigenvalue weighted by molar-refractivity contribution is 7.89. The van der Waals surface area contributed by atoms with Crippen molar-refractivity contribution < 1.29 is 18.3 Å². The molecule has 0 aliphatic carbocycles. The number of sulfonamides is 1. The first-order chi connectivity index (χ1) is 10.4. The van der Waals surface area contributed by atoms with E-state index in [9.17, 15) is 13.2 Å². The first-order valence-corrected chi connectivity index (χ1v) is 8.93. The van der Waals surface area contributed by atoms with Crippen molar-refractivity contribution in [3.05, 3.63) is 24.3 Å². The molecule has 6 nitrogen and oxygen atoms in total. The molecule has 0 saturated carbocycles. The first-order valence-electron chi connectivity index (χ1n) is 7.45. The molecule has 2 rings (SSSR count). The number of carbonyl (C=O) groups is 1. The molecule has 1 fully saturated rings. The van der Waals surface area contributed by atoms with E-state index in [0.717, 1.165) is 12.1 Å². The lowest BCUT2D eigenvalue weighted by Gasteiger charge is -2.16. The summed E-state index contributed by atoms with van der Waals surface area (Å²) in [5, 5.41) is 8.83. The van der Waals surface area contributed by atoms with E-state index in [1.807, 2.05) is 6.92 Å². The Morgan fingerprint density at radius 1 is 1.32 bits per heavy atom. The summed E-state index contributed by atoms with van der Waals surface area (Å²) < 4.78 is 26.9. The Hall–Kier alpha value is -1.44. The summed E-state index contributed by atoms with van der Waals surface area (Å²) >= 11 is 0. The van der Waals surface area contributed by atoms with Gasteiger partial charge >= 0.3 is 0 Å². The molecule has 0 aromatic heterocycles. The molecule has 0 spiro atoms. The lowest BCUT2D eigenvalue weighted by Crippen LogP contribution is -2.29. The molecule has 1 heterocycles. The number of aliphatic hydroxyl groups excluding tert-OH is 1. The topological polar surface area (TPSA) is 86.7 Å². The van der Waals surface area contributed by atoms with Gasteiger partial charge in [-0.1, -0.05) is 6.92 Å². The van der Waals surface area contributed by atoms with Gasteiger partial charge in [-0.15, -0.1) is 0 Å². The van der Waals surface area contributed by atoms with Crippen LogP contribution >= 0.6 is 0 Å². The van der Waals surface area contributed by atoms with Crippen molar-refractivity contribution in [2.24, 2.45) is 5.92 Å². The summed E-state index contributed by atoms with van der Waals surface area (Å²) in [5.74, 6) is 0.146. The Labute approximate surface area is 131 Å². The number of nitrogens with zero attached hydrogens (tertiary/aromatic N) is 1. The summed E-state index contributed by atoms with van der Waals surface area (Å²) in [6, 6.07) is 6.35. The molecule has 1 aromatic rings. The first kappa shape index (κ1) is 16.9. The van der Waals surface area contributed by atoms with Crippen molar-refractivity contribution in [3.63, 3.8) is 0 Å². The van der Waals surface area contributed by atoms with Gasteiger partial charge in [-0.3, -0.25) is 4.79 Å². The predicted octanol–water partition coefficient (Wildman–Crippen LogP) is 1.11. The standard InChI is InChI=1S/C15H22N2O4S/c1-12(8-10-18)11-16-22(20,21)14-6-4-13(5-7-14)17-9-2-3-15(17)19/h4-7,12,16,18H,2-3,8-11H2,1H3. The van der Waals surface area contributed by atoms with Crippen LogP contribution in [0.2, 0.25) is 0 Å². The van der Waals surface area contributed by atoms with Crippen molar-refractivity contribution in [1.29, 1.82) is 0 Å². The van der Waals surface area contributed by atoms with Gasteiger partial charge < -0.3 is 10.0 Å². The van der Waals surface area contributed by atoms with E-state index < -0.39 is 10.0 Å². The van der Waals surface area contributed by atoms with E-state index in [-0.39, 0.29) is 29.9 Å². The minimum atomic E-state index is -3.56. The molecule has 1 saturated heterocycles. The summed E-state index contributed by atoms with van der Waals surface area (Å²) in [6.07, 6.45) is 1.94.